The van der Waals surface area contributed by atoms with E-state index in [9.17, 15) is 4.79 Å². The molecule has 1 aromatic carbocycles. The van der Waals surface area contributed by atoms with Crippen molar-refractivity contribution < 1.29 is 9.53 Å². The van der Waals surface area contributed by atoms with E-state index in [4.69, 9.17) is 16.3 Å². The van der Waals surface area contributed by atoms with Gasteiger partial charge in [-0.25, -0.2) is 4.79 Å². The van der Waals surface area contributed by atoms with Crippen molar-refractivity contribution in [3.63, 3.8) is 0 Å². The molecular formula is C19H26ClN5O2. The largest absolute Gasteiger partial charge is 0.444 e. The van der Waals surface area contributed by atoms with Crippen molar-refractivity contribution in [1.82, 2.24) is 20.1 Å². The Bertz CT molecular complexity index is 789. The molecule has 1 saturated heterocycles. The summed E-state index contributed by atoms with van der Waals surface area (Å²) in [6, 6.07) is 7.73. The van der Waals surface area contributed by atoms with E-state index in [2.05, 4.69) is 20.4 Å². The van der Waals surface area contributed by atoms with Crippen LogP contribution in [0.15, 0.2) is 24.3 Å². The van der Waals surface area contributed by atoms with E-state index >= 15 is 0 Å². The zero-order chi connectivity index (χ0) is 19.6. The maximum Gasteiger partial charge on any atom is 0.407 e. The first-order valence-corrected chi connectivity index (χ1v) is 9.53. The number of piperidine rings is 1. The summed E-state index contributed by atoms with van der Waals surface area (Å²) < 4.78 is 7.37. The van der Waals surface area contributed by atoms with E-state index in [-0.39, 0.29) is 12.1 Å². The second kappa shape index (κ2) is 7.76. The maximum absolute atomic E-state index is 12.0. The molecule has 0 atom stereocenters. The molecule has 2 aromatic rings. The maximum atomic E-state index is 12.0. The number of amides is 1. The lowest BCUT2D eigenvalue weighted by Gasteiger charge is -2.33. The van der Waals surface area contributed by atoms with Crippen LogP contribution in [0.3, 0.4) is 0 Å². The summed E-state index contributed by atoms with van der Waals surface area (Å²) in [4.78, 5) is 14.2. The zero-order valence-corrected chi connectivity index (χ0v) is 17.0. The lowest BCUT2D eigenvalue weighted by Crippen LogP contribution is -2.46. The number of benzene rings is 1. The van der Waals surface area contributed by atoms with Gasteiger partial charge in [0, 0.05) is 24.2 Å². The van der Waals surface area contributed by atoms with Crippen molar-refractivity contribution >= 4 is 23.6 Å². The number of nitrogens with zero attached hydrogens (tertiary/aromatic N) is 4. The first-order valence-electron chi connectivity index (χ1n) is 9.15. The highest BCUT2D eigenvalue weighted by atomic mass is 35.5. The van der Waals surface area contributed by atoms with Gasteiger partial charge in [0.1, 0.15) is 11.4 Å². The highest BCUT2D eigenvalue weighted by molar-refractivity contribution is 6.30. The van der Waals surface area contributed by atoms with E-state index in [1.807, 2.05) is 56.5 Å². The summed E-state index contributed by atoms with van der Waals surface area (Å²) in [5.74, 6) is 1.63. The van der Waals surface area contributed by atoms with Gasteiger partial charge >= 0.3 is 6.09 Å². The number of aromatic nitrogens is 3. The highest BCUT2D eigenvalue weighted by Gasteiger charge is 2.26. The van der Waals surface area contributed by atoms with Gasteiger partial charge < -0.3 is 15.0 Å². The van der Waals surface area contributed by atoms with E-state index in [1.165, 1.54) is 0 Å². The number of hydrogen-bond acceptors (Lipinski definition) is 5. The predicted octanol–water partition coefficient (Wildman–Crippen LogP) is 3.72. The van der Waals surface area contributed by atoms with E-state index in [1.54, 1.807) is 0 Å². The molecule has 0 unspecified atom stereocenters. The Morgan fingerprint density at radius 3 is 2.41 bits per heavy atom. The van der Waals surface area contributed by atoms with Crippen molar-refractivity contribution in [3.05, 3.63) is 35.1 Å². The summed E-state index contributed by atoms with van der Waals surface area (Å²) in [7, 11) is 0. The summed E-state index contributed by atoms with van der Waals surface area (Å²) in [6.45, 7) is 9.09. The Balaban J connectivity index is 1.65. The Kier molecular flexibility index (Phi) is 5.60. The van der Waals surface area contributed by atoms with Crippen molar-refractivity contribution in [2.75, 3.05) is 18.0 Å². The molecular weight excluding hydrogens is 366 g/mol. The Morgan fingerprint density at radius 2 is 1.81 bits per heavy atom. The van der Waals surface area contributed by atoms with E-state index in [0.29, 0.717) is 5.02 Å². The molecule has 2 heterocycles. The molecule has 1 N–H and O–H groups in total. The molecule has 146 valence electrons. The summed E-state index contributed by atoms with van der Waals surface area (Å²) in [5, 5.41) is 12.3. The van der Waals surface area contributed by atoms with Crippen molar-refractivity contribution in [2.24, 2.45) is 0 Å². The number of carbonyl (C=O) groups is 1. The summed E-state index contributed by atoms with van der Waals surface area (Å²) in [6.07, 6.45) is 1.29. The van der Waals surface area contributed by atoms with Crippen molar-refractivity contribution in [2.45, 2.75) is 52.2 Å². The molecule has 1 fully saturated rings. The third kappa shape index (κ3) is 4.91. The van der Waals surface area contributed by atoms with Gasteiger partial charge in [-0.05, 0) is 64.8 Å². The average molecular weight is 392 g/mol. The number of anilines is 1. The van der Waals surface area contributed by atoms with Crippen LogP contribution in [0, 0.1) is 6.92 Å². The van der Waals surface area contributed by atoms with Crippen LogP contribution in [0.4, 0.5) is 10.7 Å². The minimum Gasteiger partial charge on any atom is -0.444 e. The van der Waals surface area contributed by atoms with Crippen molar-refractivity contribution in [3.8, 4) is 5.69 Å². The molecule has 27 heavy (non-hydrogen) atoms. The molecule has 0 radical (unpaired) electrons. The average Bonchev–Trinajstić information content (AvgIpc) is 2.96. The molecule has 7 nitrogen and oxygen atoms in total. The Labute approximate surface area is 164 Å². The van der Waals surface area contributed by atoms with Crippen LogP contribution < -0.4 is 10.2 Å². The number of carbonyl (C=O) groups excluding carboxylic acids is 1. The number of hydrogen-bond donors (Lipinski definition) is 1. The first-order chi connectivity index (χ1) is 12.7. The highest BCUT2D eigenvalue weighted by Crippen LogP contribution is 2.24. The summed E-state index contributed by atoms with van der Waals surface area (Å²) >= 11 is 6.00. The van der Waals surface area contributed by atoms with Gasteiger partial charge in [0.15, 0.2) is 0 Å². The lowest BCUT2D eigenvalue weighted by atomic mass is 10.1. The second-order valence-corrected chi connectivity index (χ2v) is 8.20. The number of ether oxygens (including phenoxy) is 1. The van der Waals surface area contributed by atoms with E-state index in [0.717, 1.165) is 43.4 Å². The fourth-order valence-electron chi connectivity index (χ4n) is 3.15. The van der Waals surface area contributed by atoms with Crippen LogP contribution in [0.2, 0.25) is 5.02 Å². The molecule has 1 aliphatic heterocycles. The number of aryl methyl sites for hydroxylation is 1. The van der Waals surface area contributed by atoms with Gasteiger partial charge in [0.25, 0.3) is 0 Å². The minimum atomic E-state index is -0.489. The van der Waals surface area contributed by atoms with Crippen LogP contribution in [-0.4, -0.2) is 45.6 Å². The van der Waals surface area contributed by atoms with Gasteiger partial charge in [-0.2, -0.15) is 0 Å². The van der Waals surface area contributed by atoms with Crippen LogP contribution >= 0.6 is 11.6 Å². The van der Waals surface area contributed by atoms with Gasteiger partial charge in [-0.3, -0.25) is 4.57 Å². The molecule has 0 aliphatic carbocycles. The molecule has 8 heteroatoms. The number of alkyl carbamates (subject to hydrolysis) is 1. The number of rotatable bonds is 3. The molecule has 1 amide bonds. The second-order valence-electron chi connectivity index (χ2n) is 7.77. The van der Waals surface area contributed by atoms with Crippen LogP contribution in [-0.2, 0) is 4.74 Å². The standard InChI is InChI=1S/C19H26ClN5O2/c1-13-22-23-17(25(13)16-7-5-14(20)6-8-16)24-11-9-15(10-12-24)21-18(26)27-19(2,3)4/h5-8,15H,9-12H2,1-4H3,(H,21,26). The van der Waals surface area contributed by atoms with Crippen LogP contribution in [0.1, 0.15) is 39.4 Å². The minimum absolute atomic E-state index is 0.101. The monoisotopic (exact) mass is 391 g/mol. The normalized spacial score (nSPS) is 15.7. The topological polar surface area (TPSA) is 72.3 Å². The quantitative estimate of drug-likeness (QED) is 0.863. The van der Waals surface area contributed by atoms with Crippen LogP contribution in [0.25, 0.3) is 5.69 Å². The lowest BCUT2D eigenvalue weighted by molar-refractivity contribution is 0.0497. The fourth-order valence-corrected chi connectivity index (χ4v) is 3.27. The third-order valence-electron chi connectivity index (χ3n) is 4.39. The Hall–Kier alpha value is -2.28. The Morgan fingerprint density at radius 1 is 1.19 bits per heavy atom. The van der Waals surface area contributed by atoms with Gasteiger partial charge in [0.05, 0.1) is 5.69 Å². The zero-order valence-electron chi connectivity index (χ0n) is 16.2. The van der Waals surface area contributed by atoms with Gasteiger partial charge in [-0.1, -0.05) is 11.6 Å². The smallest absolute Gasteiger partial charge is 0.407 e. The molecule has 1 aliphatic rings. The molecule has 0 bridgehead atoms. The first kappa shape index (κ1) is 19.5. The molecule has 3 rings (SSSR count). The number of halogens is 1. The fraction of sp³-hybridized carbons (Fsp3) is 0.526. The van der Waals surface area contributed by atoms with E-state index < -0.39 is 5.60 Å². The molecule has 0 spiro atoms. The van der Waals surface area contributed by atoms with Gasteiger partial charge in [0.2, 0.25) is 5.95 Å². The number of nitrogens with one attached hydrogen (secondary N) is 1. The molecule has 0 saturated carbocycles. The molecule has 1 aromatic heterocycles. The third-order valence-corrected chi connectivity index (χ3v) is 4.64. The predicted molar refractivity (Wildman–Crippen MR) is 106 cm³/mol. The van der Waals surface area contributed by atoms with Crippen LogP contribution in [0.5, 0.6) is 0 Å². The SMILES string of the molecule is Cc1nnc(N2CCC(NC(=O)OC(C)(C)C)CC2)n1-c1ccc(Cl)cc1. The summed E-state index contributed by atoms with van der Waals surface area (Å²) in [5.41, 5.74) is 0.489. The van der Waals surface area contributed by atoms with Gasteiger partial charge in [-0.15, -0.1) is 10.2 Å². The van der Waals surface area contributed by atoms with Crippen molar-refractivity contribution in [1.29, 1.82) is 0 Å².